The van der Waals surface area contributed by atoms with Crippen molar-refractivity contribution in [2.75, 3.05) is 46.4 Å². The van der Waals surface area contributed by atoms with Crippen molar-refractivity contribution in [3.8, 4) is 5.75 Å². The number of nitrogens with zero attached hydrogens (tertiary/aromatic N) is 2. The summed E-state index contributed by atoms with van der Waals surface area (Å²) in [6.07, 6.45) is 0.841. The predicted octanol–water partition coefficient (Wildman–Crippen LogP) is 0.281. The standard InChI is InChI=1S/C14H20N2O2.C2H2O4/c1-15-6-8-16(9-7-15)10-11-18-14-4-2-13(12-17)3-5-14;3-1(4)2(5)6/h2-5,12H,6-11H2,1H3;(H,3,4)(H,5,6). The number of carboxylic acid groups (broad SMARTS) is 2. The van der Waals surface area contributed by atoms with Gasteiger partial charge in [0.15, 0.2) is 0 Å². The van der Waals surface area contributed by atoms with Crippen molar-refractivity contribution in [1.82, 2.24) is 9.80 Å². The Hall–Kier alpha value is -2.45. The lowest BCUT2D eigenvalue weighted by molar-refractivity contribution is -0.159. The van der Waals surface area contributed by atoms with Crippen molar-refractivity contribution in [1.29, 1.82) is 0 Å². The van der Waals surface area contributed by atoms with Crippen LogP contribution < -0.4 is 4.74 Å². The molecule has 1 aromatic rings. The van der Waals surface area contributed by atoms with E-state index >= 15 is 0 Å². The predicted molar refractivity (Wildman–Crippen MR) is 86.5 cm³/mol. The summed E-state index contributed by atoms with van der Waals surface area (Å²) in [7, 11) is 2.16. The summed E-state index contributed by atoms with van der Waals surface area (Å²) in [6.45, 7) is 6.16. The van der Waals surface area contributed by atoms with Crippen LogP contribution in [0, 0.1) is 0 Å². The highest BCUT2D eigenvalue weighted by molar-refractivity contribution is 6.27. The molecule has 8 heteroatoms. The van der Waals surface area contributed by atoms with Crippen molar-refractivity contribution in [3.05, 3.63) is 29.8 Å². The van der Waals surface area contributed by atoms with Crippen LogP contribution in [0.15, 0.2) is 24.3 Å². The van der Waals surface area contributed by atoms with Crippen LogP contribution in [0.25, 0.3) is 0 Å². The van der Waals surface area contributed by atoms with Gasteiger partial charge in [-0.3, -0.25) is 9.69 Å². The molecule has 1 aromatic carbocycles. The molecule has 8 nitrogen and oxygen atoms in total. The molecule has 1 aliphatic heterocycles. The van der Waals surface area contributed by atoms with Gasteiger partial charge in [0.05, 0.1) is 0 Å². The van der Waals surface area contributed by atoms with Crippen LogP contribution in [0.5, 0.6) is 5.75 Å². The first-order valence-corrected chi connectivity index (χ1v) is 7.47. The SMILES string of the molecule is CN1CCN(CCOc2ccc(C=O)cc2)CC1.O=C(O)C(=O)O. The van der Waals surface area contributed by atoms with Crippen LogP contribution in [-0.2, 0) is 9.59 Å². The zero-order chi connectivity index (χ0) is 17.9. The molecule has 2 rings (SSSR count). The second-order valence-electron chi connectivity index (χ2n) is 5.29. The number of carbonyl (C=O) groups is 3. The van der Waals surface area contributed by atoms with Crippen molar-refractivity contribution in [2.45, 2.75) is 0 Å². The second kappa shape index (κ2) is 10.3. The molecule has 132 valence electrons. The van der Waals surface area contributed by atoms with Crippen LogP contribution in [0.1, 0.15) is 10.4 Å². The lowest BCUT2D eigenvalue weighted by atomic mass is 10.2. The van der Waals surface area contributed by atoms with Gasteiger partial charge >= 0.3 is 11.9 Å². The van der Waals surface area contributed by atoms with E-state index in [9.17, 15) is 4.79 Å². The van der Waals surface area contributed by atoms with Gasteiger partial charge in [-0.15, -0.1) is 0 Å². The first kappa shape index (κ1) is 19.6. The molecule has 0 unspecified atom stereocenters. The van der Waals surface area contributed by atoms with Crippen molar-refractivity contribution in [3.63, 3.8) is 0 Å². The lowest BCUT2D eigenvalue weighted by Crippen LogP contribution is -2.45. The smallest absolute Gasteiger partial charge is 0.414 e. The average molecular weight is 338 g/mol. The molecule has 1 aliphatic rings. The van der Waals surface area contributed by atoms with E-state index in [1.807, 2.05) is 12.1 Å². The number of hydrogen-bond donors (Lipinski definition) is 2. The van der Waals surface area contributed by atoms with Gasteiger partial charge in [0.25, 0.3) is 0 Å². The number of benzene rings is 1. The van der Waals surface area contributed by atoms with Crippen LogP contribution >= 0.6 is 0 Å². The molecule has 0 spiro atoms. The number of rotatable bonds is 5. The van der Waals surface area contributed by atoms with Gasteiger partial charge in [0.2, 0.25) is 0 Å². The van der Waals surface area contributed by atoms with E-state index in [-0.39, 0.29) is 0 Å². The van der Waals surface area contributed by atoms with Gasteiger partial charge in [-0.2, -0.15) is 0 Å². The molecular formula is C16H22N2O6. The molecule has 1 heterocycles. The van der Waals surface area contributed by atoms with Gasteiger partial charge in [-0.25, -0.2) is 9.59 Å². The van der Waals surface area contributed by atoms with Crippen LogP contribution in [0.2, 0.25) is 0 Å². The number of carbonyl (C=O) groups excluding carboxylic acids is 1. The highest BCUT2D eigenvalue weighted by Gasteiger charge is 2.13. The number of aldehydes is 1. The van der Waals surface area contributed by atoms with Crippen LogP contribution in [-0.4, -0.2) is 84.6 Å². The molecule has 0 aliphatic carbocycles. The van der Waals surface area contributed by atoms with E-state index in [2.05, 4.69) is 16.8 Å². The molecule has 0 radical (unpaired) electrons. The van der Waals surface area contributed by atoms with Gasteiger partial charge < -0.3 is 19.8 Å². The molecular weight excluding hydrogens is 316 g/mol. The fourth-order valence-electron chi connectivity index (χ4n) is 2.01. The second-order valence-corrected chi connectivity index (χ2v) is 5.29. The van der Waals surface area contributed by atoms with E-state index in [1.54, 1.807) is 12.1 Å². The Kier molecular flexibility index (Phi) is 8.45. The molecule has 1 saturated heterocycles. The molecule has 1 fully saturated rings. The highest BCUT2D eigenvalue weighted by Crippen LogP contribution is 2.11. The van der Waals surface area contributed by atoms with Gasteiger partial charge in [-0.05, 0) is 31.3 Å². The van der Waals surface area contributed by atoms with Crippen molar-refractivity contribution < 1.29 is 29.3 Å². The van der Waals surface area contributed by atoms with Crippen LogP contribution in [0.4, 0.5) is 0 Å². The quantitative estimate of drug-likeness (QED) is 0.582. The van der Waals surface area contributed by atoms with Crippen molar-refractivity contribution >= 4 is 18.2 Å². The fraction of sp³-hybridized carbons (Fsp3) is 0.438. The minimum absolute atomic E-state index is 0.682. The summed E-state index contributed by atoms with van der Waals surface area (Å²) >= 11 is 0. The number of likely N-dealkylation sites (N-methyl/N-ethyl adjacent to an activating group) is 1. The number of ether oxygens (including phenoxy) is 1. The number of aliphatic carboxylic acids is 2. The fourth-order valence-corrected chi connectivity index (χ4v) is 2.01. The zero-order valence-electron chi connectivity index (χ0n) is 13.6. The Morgan fingerprint density at radius 2 is 1.62 bits per heavy atom. The Labute approximate surface area is 140 Å². The summed E-state index contributed by atoms with van der Waals surface area (Å²) in [5.41, 5.74) is 0.682. The Morgan fingerprint density at radius 1 is 1.08 bits per heavy atom. The molecule has 0 bridgehead atoms. The summed E-state index contributed by atoms with van der Waals surface area (Å²) in [6, 6.07) is 7.23. The number of carboxylic acids is 2. The Balaban J connectivity index is 0.000000413. The van der Waals surface area contributed by atoms with Gasteiger partial charge in [0.1, 0.15) is 18.6 Å². The highest BCUT2D eigenvalue weighted by atomic mass is 16.5. The molecule has 2 N–H and O–H groups in total. The summed E-state index contributed by atoms with van der Waals surface area (Å²) in [4.78, 5) is 33.5. The Morgan fingerprint density at radius 3 is 2.08 bits per heavy atom. The van der Waals surface area contributed by atoms with E-state index < -0.39 is 11.9 Å². The van der Waals surface area contributed by atoms with Gasteiger partial charge in [-0.1, -0.05) is 0 Å². The monoisotopic (exact) mass is 338 g/mol. The number of piperazine rings is 1. The lowest BCUT2D eigenvalue weighted by Gasteiger charge is -2.32. The Bertz CT molecular complexity index is 526. The summed E-state index contributed by atoms with van der Waals surface area (Å²) in [5.74, 6) is -2.82. The third kappa shape index (κ3) is 7.70. The maximum Gasteiger partial charge on any atom is 0.414 e. The van der Waals surface area contributed by atoms with Gasteiger partial charge in [0, 0.05) is 38.3 Å². The van der Waals surface area contributed by atoms with Crippen LogP contribution in [0.3, 0.4) is 0 Å². The zero-order valence-corrected chi connectivity index (χ0v) is 13.6. The summed E-state index contributed by atoms with van der Waals surface area (Å²) < 4.78 is 5.66. The van der Waals surface area contributed by atoms with Crippen molar-refractivity contribution in [2.24, 2.45) is 0 Å². The molecule has 0 atom stereocenters. The molecule has 0 amide bonds. The molecule has 24 heavy (non-hydrogen) atoms. The third-order valence-electron chi connectivity index (χ3n) is 3.47. The molecule has 0 aromatic heterocycles. The minimum atomic E-state index is -1.82. The van der Waals surface area contributed by atoms with E-state index in [0.29, 0.717) is 12.2 Å². The van der Waals surface area contributed by atoms with E-state index in [4.69, 9.17) is 24.5 Å². The topological polar surface area (TPSA) is 107 Å². The number of hydrogen-bond acceptors (Lipinski definition) is 6. The first-order chi connectivity index (χ1) is 11.4. The normalized spacial score (nSPS) is 15.0. The maximum absolute atomic E-state index is 10.5. The van der Waals surface area contributed by atoms with E-state index in [0.717, 1.165) is 44.8 Å². The first-order valence-electron chi connectivity index (χ1n) is 7.47. The van der Waals surface area contributed by atoms with E-state index in [1.165, 1.54) is 0 Å². The minimum Gasteiger partial charge on any atom is -0.492 e. The molecule has 0 saturated carbocycles. The average Bonchev–Trinajstić information content (AvgIpc) is 2.58. The third-order valence-corrected chi connectivity index (χ3v) is 3.47. The summed E-state index contributed by atoms with van der Waals surface area (Å²) in [5, 5.41) is 14.8. The largest absolute Gasteiger partial charge is 0.492 e. The maximum atomic E-state index is 10.5.